The fourth-order valence-corrected chi connectivity index (χ4v) is 7.58. The van der Waals surface area contributed by atoms with Crippen LogP contribution in [0.1, 0.15) is 124 Å². The van der Waals surface area contributed by atoms with Crippen LogP contribution in [-0.4, -0.2) is 74.9 Å². The minimum absolute atomic E-state index is 0.125. The van der Waals surface area contributed by atoms with Crippen molar-refractivity contribution in [3.8, 4) is 0 Å². The van der Waals surface area contributed by atoms with Crippen LogP contribution in [0.15, 0.2) is 17.1 Å². The number of nitrogens with zero attached hydrogens (tertiary/aromatic N) is 2. The van der Waals surface area contributed by atoms with Gasteiger partial charge >= 0.3 is 7.82 Å². The summed E-state index contributed by atoms with van der Waals surface area (Å²) in [5, 5.41) is 3.00. The molecule has 0 aliphatic carbocycles. The van der Waals surface area contributed by atoms with E-state index in [-0.39, 0.29) is 42.0 Å². The molecule has 4 rings (SSSR count). The number of amides is 1. The van der Waals surface area contributed by atoms with Crippen LogP contribution in [0.2, 0.25) is 0 Å². The number of aromatic nitrogens is 3. The van der Waals surface area contributed by atoms with Gasteiger partial charge < -0.3 is 34.7 Å². The standard InChI is InChI=1S/C34H57FN5O9P/c1-5-6-7-8-9-10-11-12-13-14-15-16-17-28-29(49-34(3,4)48-28)27(37-23(2)41)22-46-50(43,44)45-21-24-20-26(35)32(47-24)40-19-18-25-30(40)38-33(36)39-31(25)42/h18-19,24,26-29,32H,5-17,20-22H2,1-4H3,(H,37,41)(H,43,44)(H3,36,38,39,42)/t24-,26?,27-,28+,29-,32+/m0/s1. The summed E-state index contributed by atoms with van der Waals surface area (Å²) in [5.41, 5.74) is 5.35. The number of rotatable bonds is 22. The van der Waals surface area contributed by atoms with Crippen LogP contribution in [0.4, 0.5) is 10.3 Å². The maximum Gasteiger partial charge on any atom is 0.472 e. The van der Waals surface area contributed by atoms with Crippen LogP contribution in [-0.2, 0) is 32.6 Å². The van der Waals surface area contributed by atoms with Gasteiger partial charge in [0.05, 0.1) is 36.8 Å². The Balaban J connectivity index is 1.23. The second-order valence-corrected chi connectivity index (χ2v) is 15.4. The minimum atomic E-state index is -4.67. The van der Waals surface area contributed by atoms with Crippen LogP contribution in [0, 0.1) is 0 Å². The van der Waals surface area contributed by atoms with Gasteiger partial charge in [0.15, 0.2) is 17.7 Å². The first-order chi connectivity index (χ1) is 23.8. The molecule has 14 nitrogen and oxygen atoms in total. The maximum absolute atomic E-state index is 15.1. The van der Waals surface area contributed by atoms with Crippen molar-refractivity contribution < 1.29 is 41.9 Å². The van der Waals surface area contributed by atoms with E-state index in [0.717, 1.165) is 19.3 Å². The summed E-state index contributed by atoms with van der Waals surface area (Å²) in [5.74, 6) is -1.40. The molecule has 50 heavy (non-hydrogen) atoms. The van der Waals surface area contributed by atoms with E-state index in [0.29, 0.717) is 6.42 Å². The topological polar surface area (TPSA) is 189 Å². The lowest BCUT2D eigenvalue weighted by Gasteiger charge is -2.28. The summed E-state index contributed by atoms with van der Waals surface area (Å²) in [6.45, 7) is 6.34. The quantitative estimate of drug-likeness (QED) is 0.0800. The smallest absolute Gasteiger partial charge is 0.369 e. The number of alkyl halides is 1. The van der Waals surface area contributed by atoms with Crippen molar-refractivity contribution in [3.63, 3.8) is 0 Å². The highest BCUT2D eigenvalue weighted by Gasteiger charge is 2.46. The molecule has 2 aromatic heterocycles. The first-order valence-corrected chi connectivity index (χ1v) is 19.7. The Morgan fingerprint density at radius 3 is 2.42 bits per heavy atom. The Labute approximate surface area is 293 Å². The number of carbonyl (C=O) groups excluding carboxylic acids is 1. The van der Waals surface area contributed by atoms with Gasteiger partial charge in [-0.2, -0.15) is 4.98 Å². The zero-order chi connectivity index (χ0) is 36.3. The zero-order valence-electron chi connectivity index (χ0n) is 29.9. The third kappa shape index (κ3) is 12.1. The number of nitrogens with two attached hydrogens (primary N) is 1. The van der Waals surface area contributed by atoms with Crippen molar-refractivity contribution in [3.05, 3.63) is 22.6 Å². The summed E-state index contributed by atoms with van der Waals surface area (Å²) < 4.78 is 58.0. The molecule has 2 aliphatic heterocycles. The van der Waals surface area contributed by atoms with E-state index in [1.54, 1.807) is 13.8 Å². The van der Waals surface area contributed by atoms with Gasteiger partial charge in [-0.25, -0.2) is 8.96 Å². The van der Waals surface area contributed by atoms with E-state index in [1.165, 1.54) is 81.5 Å². The number of phosphoric acid groups is 1. The molecule has 5 N–H and O–H groups in total. The van der Waals surface area contributed by atoms with Gasteiger partial charge in [0.2, 0.25) is 11.9 Å². The molecule has 0 radical (unpaired) electrons. The number of unbranched alkanes of at least 4 members (excludes halogenated alkanes) is 11. The lowest BCUT2D eigenvalue weighted by molar-refractivity contribution is -0.150. The maximum atomic E-state index is 15.1. The SMILES string of the molecule is CCCCCCCCCCCCCC[C@H]1OC(C)(C)O[C@H]1[C@H](COP(=O)(O)OC[C@@H]1CC(F)[C@H](n2ccc3c(=O)[nH]c(N)nc32)O1)NC(C)=O. The third-order valence-electron chi connectivity index (χ3n) is 9.19. The Bertz CT molecular complexity index is 1470. The summed E-state index contributed by atoms with van der Waals surface area (Å²) in [4.78, 5) is 41.3. The molecule has 16 heteroatoms. The van der Waals surface area contributed by atoms with Crippen molar-refractivity contribution >= 4 is 30.7 Å². The van der Waals surface area contributed by atoms with Crippen LogP contribution in [0.5, 0.6) is 0 Å². The molecule has 0 saturated carbocycles. The summed E-state index contributed by atoms with van der Waals surface area (Å²) in [7, 11) is -4.67. The van der Waals surface area contributed by atoms with Gasteiger partial charge in [0.1, 0.15) is 12.3 Å². The van der Waals surface area contributed by atoms with E-state index in [2.05, 4.69) is 22.2 Å². The van der Waals surface area contributed by atoms with Crippen LogP contribution in [0.25, 0.3) is 11.0 Å². The Morgan fingerprint density at radius 1 is 1.14 bits per heavy atom. The van der Waals surface area contributed by atoms with E-state index < -0.39 is 56.4 Å². The molecule has 0 spiro atoms. The van der Waals surface area contributed by atoms with Crippen molar-refractivity contribution in [2.75, 3.05) is 18.9 Å². The second kappa shape index (κ2) is 18.9. The van der Waals surface area contributed by atoms with Gasteiger partial charge in [0.25, 0.3) is 5.56 Å². The molecule has 2 fully saturated rings. The second-order valence-electron chi connectivity index (χ2n) is 14.0. The fourth-order valence-electron chi connectivity index (χ4n) is 6.80. The van der Waals surface area contributed by atoms with E-state index in [9.17, 15) is 19.0 Å². The van der Waals surface area contributed by atoms with Gasteiger partial charge in [0, 0.05) is 19.5 Å². The largest absolute Gasteiger partial charge is 0.472 e. The number of halogens is 1. The summed E-state index contributed by atoms with van der Waals surface area (Å²) in [6.07, 6.45) is 12.3. The molecular formula is C34H57FN5O9P. The first kappa shape index (κ1) is 40.4. The molecule has 0 bridgehead atoms. The van der Waals surface area contributed by atoms with E-state index in [1.807, 2.05) is 0 Å². The number of fused-ring (bicyclic) bond motifs is 1. The molecule has 7 atom stereocenters. The summed E-state index contributed by atoms with van der Waals surface area (Å²) >= 11 is 0. The fraction of sp³-hybridized carbons (Fsp3) is 0.794. The molecule has 0 aromatic carbocycles. The highest BCUT2D eigenvalue weighted by atomic mass is 31.2. The molecule has 2 aromatic rings. The van der Waals surface area contributed by atoms with Gasteiger partial charge in [-0.1, -0.05) is 84.0 Å². The highest BCUT2D eigenvalue weighted by Crippen LogP contribution is 2.45. The number of ether oxygens (including phenoxy) is 3. The van der Waals surface area contributed by atoms with E-state index >= 15 is 4.39 Å². The van der Waals surface area contributed by atoms with Gasteiger partial charge in [-0.3, -0.25) is 23.6 Å². The minimum Gasteiger partial charge on any atom is -0.369 e. The molecule has 4 heterocycles. The first-order valence-electron chi connectivity index (χ1n) is 18.2. The molecule has 1 amide bonds. The van der Waals surface area contributed by atoms with Gasteiger partial charge in [-0.15, -0.1) is 0 Å². The Morgan fingerprint density at radius 2 is 1.78 bits per heavy atom. The normalized spacial score (nSPS) is 25.2. The number of nitrogens with one attached hydrogen (secondary N) is 2. The Kier molecular flexibility index (Phi) is 15.3. The molecule has 2 unspecified atom stereocenters. The summed E-state index contributed by atoms with van der Waals surface area (Å²) in [6, 6.07) is 0.679. The van der Waals surface area contributed by atoms with Crippen LogP contribution < -0.4 is 16.6 Å². The van der Waals surface area contributed by atoms with Crippen molar-refractivity contribution in [2.45, 2.75) is 160 Å². The molecule has 2 saturated heterocycles. The zero-order valence-corrected chi connectivity index (χ0v) is 30.8. The monoisotopic (exact) mass is 729 g/mol. The van der Waals surface area contributed by atoms with Crippen LogP contribution in [0.3, 0.4) is 0 Å². The average molecular weight is 730 g/mol. The van der Waals surface area contributed by atoms with Crippen LogP contribution >= 0.6 is 7.82 Å². The molecule has 2 aliphatic rings. The lowest BCUT2D eigenvalue weighted by atomic mass is 9.99. The van der Waals surface area contributed by atoms with E-state index in [4.69, 9.17) is 29.0 Å². The van der Waals surface area contributed by atoms with Crippen molar-refractivity contribution in [2.24, 2.45) is 0 Å². The number of carbonyl (C=O) groups is 1. The van der Waals surface area contributed by atoms with Gasteiger partial charge in [-0.05, 0) is 26.3 Å². The number of hydrogen-bond donors (Lipinski definition) is 4. The number of aromatic amines is 1. The number of hydrogen-bond acceptors (Lipinski definition) is 10. The lowest BCUT2D eigenvalue weighted by Crippen LogP contribution is -2.49. The predicted molar refractivity (Wildman–Crippen MR) is 187 cm³/mol. The third-order valence-corrected chi connectivity index (χ3v) is 10.1. The number of H-pyrrole nitrogens is 1. The van der Waals surface area contributed by atoms with Crippen molar-refractivity contribution in [1.29, 1.82) is 0 Å². The number of nitrogen functional groups attached to an aromatic ring is 1. The van der Waals surface area contributed by atoms with Crippen molar-refractivity contribution in [1.82, 2.24) is 19.9 Å². The molecule has 284 valence electrons. The Hall–Kier alpha value is -2.39. The predicted octanol–water partition coefficient (Wildman–Crippen LogP) is 6.18. The number of anilines is 1. The number of phosphoric ester groups is 1. The molecular weight excluding hydrogens is 672 g/mol. The average Bonchev–Trinajstić information content (AvgIpc) is 3.72. The highest BCUT2D eigenvalue weighted by molar-refractivity contribution is 7.47.